The lowest BCUT2D eigenvalue weighted by atomic mass is 9.95. The summed E-state index contributed by atoms with van der Waals surface area (Å²) < 4.78 is 0. The van der Waals surface area contributed by atoms with Crippen molar-refractivity contribution in [2.24, 2.45) is 5.92 Å². The number of pyridine rings is 1. The molecule has 2 aliphatic rings. The topological polar surface area (TPSA) is 56.8 Å². The second-order valence-corrected chi connectivity index (χ2v) is 8.89. The van der Waals surface area contributed by atoms with Gasteiger partial charge in [0.25, 0.3) is 0 Å². The summed E-state index contributed by atoms with van der Waals surface area (Å²) in [4.78, 5) is 36.1. The van der Waals surface area contributed by atoms with Crippen molar-refractivity contribution in [3.8, 4) is 0 Å². The Morgan fingerprint density at radius 1 is 1.03 bits per heavy atom. The van der Waals surface area contributed by atoms with Gasteiger partial charge in [0, 0.05) is 69.7 Å². The molecule has 2 aromatic rings. The third-order valence-corrected chi connectivity index (χ3v) is 6.42. The number of hydrogen-bond donors (Lipinski definition) is 0. The highest BCUT2D eigenvalue weighted by Gasteiger charge is 2.33. The molecule has 3 heterocycles. The minimum absolute atomic E-state index is 0.116. The van der Waals surface area contributed by atoms with Crippen molar-refractivity contribution >= 4 is 23.4 Å². The number of rotatable bonds is 5. The molecule has 2 saturated heterocycles. The Kier molecular flexibility index (Phi) is 7.20. The van der Waals surface area contributed by atoms with E-state index in [2.05, 4.69) is 16.0 Å². The molecular formula is C24H29ClN4O2. The number of hydrogen-bond acceptors (Lipinski definition) is 4. The smallest absolute Gasteiger partial charge is 0.227 e. The van der Waals surface area contributed by atoms with E-state index in [0.717, 1.165) is 44.7 Å². The Labute approximate surface area is 188 Å². The van der Waals surface area contributed by atoms with Crippen LogP contribution in [0.3, 0.4) is 0 Å². The van der Waals surface area contributed by atoms with Crippen LogP contribution in [-0.2, 0) is 22.7 Å². The fourth-order valence-electron chi connectivity index (χ4n) is 4.44. The number of carbonyl (C=O) groups excluding carboxylic acids is 2. The van der Waals surface area contributed by atoms with Gasteiger partial charge >= 0.3 is 0 Å². The first-order chi connectivity index (χ1) is 15.1. The average molecular weight is 441 g/mol. The Balaban J connectivity index is 1.32. The molecule has 31 heavy (non-hydrogen) atoms. The molecule has 1 aromatic carbocycles. The molecule has 2 fully saturated rings. The predicted octanol–water partition coefficient (Wildman–Crippen LogP) is 3.21. The van der Waals surface area contributed by atoms with Gasteiger partial charge in [-0.3, -0.25) is 19.5 Å². The van der Waals surface area contributed by atoms with Gasteiger partial charge in [0.1, 0.15) is 0 Å². The molecule has 1 atom stereocenters. The predicted molar refractivity (Wildman–Crippen MR) is 120 cm³/mol. The number of halogens is 1. The van der Waals surface area contributed by atoms with Crippen LogP contribution in [0.25, 0.3) is 0 Å². The molecule has 1 aromatic heterocycles. The molecule has 0 N–H and O–H groups in total. The van der Waals surface area contributed by atoms with Crippen molar-refractivity contribution in [2.45, 2.75) is 32.4 Å². The molecule has 2 aliphatic heterocycles. The first kappa shape index (κ1) is 21.8. The van der Waals surface area contributed by atoms with Crippen LogP contribution in [0, 0.1) is 5.92 Å². The molecule has 0 bridgehead atoms. The van der Waals surface area contributed by atoms with Crippen LogP contribution in [0.4, 0.5) is 0 Å². The molecule has 0 radical (unpaired) electrons. The maximum absolute atomic E-state index is 13.3. The molecule has 1 unspecified atom stereocenters. The third kappa shape index (κ3) is 5.83. The molecule has 2 amide bonds. The SMILES string of the molecule is O=C1CCC(C(=O)N2CCCN(Cc3cccnc3)CC2)CN1Cc1ccc(Cl)cc1. The fourth-order valence-corrected chi connectivity index (χ4v) is 4.56. The summed E-state index contributed by atoms with van der Waals surface area (Å²) in [5.41, 5.74) is 2.23. The van der Waals surface area contributed by atoms with Gasteiger partial charge in [-0.15, -0.1) is 0 Å². The van der Waals surface area contributed by atoms with Crippen molar-refractivity contribution in [3.63, 3.8) is 0 Å². The molecular weight excluding hydrogens is 412 g/mol. The molecule has 7 heteroatoms. The monoisotopic (exact) mass is 440 g/mol. The van der Waals surface area contributed by atoms with Crippen LogP contribution in [-0.4, -0.2) is 64.2 Å². The van der Waals surface area contributed by atoms with E-state index in [4.69, 9.17) is 11.6 Å². The van der Waals surface area contributed by atoms with Crippen molar-refractivity contribution in [3.05, 3.63) is 64.9 Å². The van der Waals surface area contributed by atoms with Gasteiger partial charge in [-0.25, -0.2) is 0 Å². The lowest BCUT2D eigenvalue weighted by Crippen LogP contribution is -2.47. The highest BCUT2D eigenvalue weighted by Crippen LogP contribution is 2.23. The van der Waals surface area contributed by atoms with Gasteiger partial charge in [0.2, 0.25) is 11.8 Å². The number of carbonyl (C=O) groups is 2. The fraction of sp³-hybridized carbons (Fsp3) is 0.458. The van der Waals surface area contributed by atoms with Crippen LogP contribution in [0.5, 0.6) is 0 Å². The Hall–Kier alpha value is -2.44. The number of aromatic nitrogens is 1. The van der Waals surface area contributed by atoms with Crippen molar-refractivity contribution in [1.82, 2.24) is 19.7 Å². The first-order valence-electron chi connectivity index (χ1n) is 11.0. The van der Waals surface area contributed by atoms with E-state index in [1.807, 2.05) is 46.3 Å². The quantitative estimate of drug-likeness (QED) is 0.716. The maximum Gasteiger partial charge on any atom is 0.227 e. The van der Waals surface area contributed by atoms with E-state index in [9.17, 15) is 9.59 Å². The van der Waals surface area contributed by atoms with E-state index in [0.29, 0.717) is 31.0 Å². The van der Waals surface area contributed by atoms with Crippen LogP contribution in [0.2, 0.25) is 5.02 Å². The van der Waals surface area contributed by atoms with E-state index in [1.165, 1.54) is 5.56 Å². The van der Waals surface area contributed by atoms with Crippen molar-refractivity contribution < 1.29 is 9.59 Å². The zero-order valence-corrected chi connectivity index (χ0v) is 18.5. The Morgan fingerprint density at radius 3 is 2.65 bits per heavy atom. The highest BCUT2D eigenvalue weighted by atomic mass is 35.5. The molecule has 0 aliphatic carbocycles. The summed E-state index contributed by atoms with van der Waals surface area (Å²) in [6.07, 6.45) is 5.74. The summed E-state index contributed by atoms with van der Waals surface area (Å²) in [5, 5.41) is 0.681. The molecule has 164 valence electrons. The van der Waals surface area contributed by atoms with Crippen LogP contribution < -0.4 is 0 Å². The van der Waals surface area contributed by atoms with Gasteiger partial charge < -0.3 is 9.80 Å². The zero-order chi connectivity index (χ0) is 21.6. The van der Waals surface area contributed by atoms with E-state index < -0.39 is 0 Å². The Bertz CT molecular complexity index is 890. The number of nitrogens with zero attached hydrogens (tertiary/aromatic N) is 4. The Morgan fingerprint density at radius 2 is 1.87 bits per heavy atom. The number of amides is 2. The largest absolute Gasteiger partial charge is 0.341 e. The summed E-state index contributed by atoms with van der Waals surface area (Å²) >= 11 is 5.97. The second kappa shape index (κ2) is 10.2. The van der Waals surface area contributed by atoms with Gasteiger partial charge in [0.15, 0.2) is 0 Å². The van der Waals surface area contributed by atoms with Gasteiger partial charge in [-0.1, -0.05) is 29.8 Å². The van der Waals surface area contributed by atoms with E-state index in [-0.39, 0.29) is 17.7 Å². The summed E-state index contributed by atoms with van der Waals surface area (Å²) in [7, 11) is 0. The first-order valence-corrected chi connectivity index (χ1v) is 11.4. The number of piperidine rings is 1. The molecule has 6 nitrogen and oxygen atoms in total. The van der Waals surface area contributed by atoms with Crippen LogP contribution in [0.1, 0.15) is 30.4 Å². The molecule has 4 rings (SSSR count). The lowest BCUT2D eigenvalue weighted by molar-refractivity contribution is -0.143. The van der Waals surface area contributed by atoms with Gasteiger partial charge in [-0.2, -0.15) is 0 Å². The van der Waals surface area contributed by atoms with Gasteiger partial charge in [-0.05, 0) is 42.2 Å². The van der Waals surface area contributed by atoms with Crippen LogP contribution >= 0.6 is 11.6 Å². The standard InChI is InChI=1S/C24H29ClN4O2/c25-22-7-4-19(5-8-22)17-29-18-21(6-9-23(29)30)24(31)28-12-2-11-27(13-14-28)16-20-3-1-10-26-15-20/h1,3-5,7-8,10,15,21H,2,6,9,11-14,16-18H2. The summed E-state index contributed by atoms with van der Waals surface area (Å²) in [5.74, 6) is 0.198. The van der Waals surface area contributed by atoms with Crippen LogP contribution in [0.15, 0.2) is 48.8 Å². The lowest BCUT2D eigenvalue weighted by Gasteiger charge is -2.34. The number of benzene rings is 1. The van der Waals surface area contributed by atoms with E-state index in [1.54, 1.807) is 6.20 Å². The molecule has 0 spiro atoms. The normalized spacial score (nSPS) is 20.5. The van der Waals surface area contributed by atoms with Crippen molar-refractivity contribution in [1.29, 1.82) is 0 Å². The van der Waals surface area contributed by atoms with E-state index >= 15 is 0 Å². The average Bonchev–Trinajstić information content (AvgIpc) is 3.02. The van der Waals surface area contributed by atoms with Crippen molar-refractivity contribution in [2.75, 3.05) is 32.7 Å². The number of likely N-dealkylation sites (tertiary alicyclic amines) is 1. The maximum atomic E-state index is 13.3. The second-order valence-electron chi connectivity index (χ2n) is 8.45. The van der Waals surface area contributed by atoms with Gasteiger partial charge in [0.05, 0.1) is 5.92 Å². The zero-order valence-electron chi connectivity index (χ0n) is 17.8. The minimum atomic E-state index is -0.116. The summed E-state index contributed by atoms with van der Waals surface area (Å²) in [6.45, 7) is 5.24. The summed E-state index contributed by atoms with van der Waals surface area (Å²) in [6, 6.07) is 11.6. The highest BCUT2D eigenvalue weighted by molar-refractivity contribution is 6.30. The minimum Gasteiger partial charge on any atom is -0.341 e. The molecule has 0 saturated carbocycles. The third-order valence-electron chi connectivity index (χ3n) is 6.17.